The van der Waals surface area contributed by atoms with Crippen LogP contribution in [0.2, 0.25) is 0 Å². The molecular weight excluding hydrogens is 276 g/mol. The molecule has 0 fully saturated rings. The van der Waals surface area contributed by atoms with Crippen LogP contribution in [-0.4, -0.2) is 33.2 Å². The van der Waals surface area contributed by atoms with Crippen LogP contribution in [0.15, 0.2) is 35.4 Å². The third kappa shape index (κ3) is 2.98. The van der Waals surface area contributed by atoms with Crippen molar-refractivity contribution in [3.8, 4) is 0 Å². The summed E-state index contributed by atoms with van der Waals surface area (Å²) >= 11 is 0. The fourth-order valence-electron chi connectivity index (χ4n) is 2.13. The number of hydrogen-bond acceptors (Lipinski definition) is 4. The van der Waals surface area contributed by atoms with Gasteiger partial charge in [-0.3, -0.25) is 4.98 Å². The quantitative estimate of drug-likeness (QED) is 0.914. The molecule has 0 radical (unpaired) electrons. The molecule has 1 N–H and O–H groups in total. The second-order valence-electron chi connectivity index (χ2n) is 4.76. The Hall–Kier alpha value is -1.50. The summed E-state index contributed by atoms with van der Waals surface area (Å²) < 4.78 is 32.5. The van der Waals surface area contributed by atoms with Crippen molar-refractivity contribution in [3.63, 3.8) is 0 Å². The van der Waals surface area contributed by atoms with E-state index in [1.807, 2.05) is 6.92 Å². The molecule has 20 heavy (non-hydrogen) atoms. The largest absolute Gasteiger partial charge is 0.383 e. The Morgan fingerprint density at radius 2 is 2.10 bits per heavy atom. The molecule has 0 aliphatic rings. The van der Waals surface area contributed by atoms with Gasteiger partial charge in [0.05, 0.1) is 17.0 Å². The lowest BCUT2D eigenvalue weighted by Crippen LogP contribution is -2.35. The minimum atomic E-state index is -3.60. The third-order valence-corrected chi connectivity index (χ3v) is 4.64. The highest BCUT2D eigenvalue weighted by molar-refractivity contribution is 7.89. The van der Waals surface area contributed by atoms with E-state index in [1.165, 1.54) is 7.11 Å². The van der Waals surface area contributed by atoms with Gasteiger partial charge in [-0.15, -0.1) is 0 Å². The molecule has 0 aliphatic heterocycles. The smallest absolute Gasteiger partial charge is 0.241 e. The Morgan fingerprint density at radius 3 is 2.80 bits per heavy atom. The van der Waals surface area contributed by atoms with Crippen molar-refractivity contribution in [2.24, 2.45) is 0 Å². The van der Waals surface area contributed by atoms with E-state index < -0.39 is 10.0 Å². The summed E-state index contributed by atoms with van der Waals surface area (Å²) in [5.74, 6) is 0. The number of rotatable bonds is 5. The lowest BCUT2D eigenvalue weighted by atomic mass is 10.1. The van der Waals surface area contributed by atoms with Crippen molar-refractivity contribution < 1.29 is 13.2 Å². The van der Waals surface area contributed by atoms with Crippen LogP contribution in [0.3, 0.4) is 0 Å². The summed E-state index contributed by atoms with van der Waals surface area (Å²) in [7, 11) is -2.06. The number of methoxy groups -OCH3 is 1. The van der Waals surface area contributed by atoms with Crippen LogP contribution in [0.4, 0.5) is 0 Å². The minimum absolute atomic E-state index is 0.245. The fraction of sp³-hybridized carbons (Fsp3) is 0.357. The first kappa shape index (κ1) is 14.9. The van der Waals surface area contributed by atoms with Gasteiger partial charge in [0.1, 0.15) is 0 Å². The molecule has 0 spiro atoms. The Morgan fingerprint density at radius 1 is 1.35 bits per heavy atom. The van der Waals surface area contributed by atoms with Gasteiger partial charge in [-0.1, -0.05) is 6.07 Å². The van der Waals surface area contributed by atoms with E-state index in [0.29, 0.717) is 17.5 Å². The Bertz CT molecular complexity index is 713. The fourth-order valence-corrected chi connectivity index (χ4v) is 3.56. The molecule has 6 heteroatoms. The maximum Gasteiger partial charge on any atom is 0.241 e. The van der Waals surface area contributed by atoms with Gasteiger partial charge >= 0.3 is 0 Å². The summed E-state index contributed by atoms with van der Waals surface area (Å²) in [5, 5.41) is 0.629. The SMILES string of the molecule is COC[C@@H](C)NS(=O)(=O)c1ccc(C)c2ncccc12. The average Bonchev–Trinajstić information content (AvgIpc) is 2.38. The number of sulfonamides is 1. The Balaban J connectivity index is 2.50. The molecule has 108 valence electrons. The Kier molecular flexibility index (Phi) is 4.37. The van der Waals surface area contributed by atoms with E-state index in [9.17, 15) is 8.42 Å². The van der Waals surface area contributed by atoms with Gasteiger partial charge in [0.15, 0.2) is 0 Å². The van der Waals surface area contributed by atoms with E-state index in [4.69, 9.17) is 4.74 Å². The highest BCUT2D eigenvalue weighted by Crippen LogP contribution is 2.24. The van der Waals surface area contributed by atoms with Crippen molar-refractivity contribution in [1.82, 2.24) is 9.71 Å². The van der Waals surface area contributed by atoms with Crippen molar-refractivity contribution in [1.29, 1.82) is 0 Å². The predicted octanol–water partition coefficient (Wildman–Crippen LogP) is 1.86. The molecule has 1 heterocycles. The normalized spacial score (nSPS) is 13.6. The molecule has 1 aromatic carbocycles. The lowest BCUT2D eigenvalue weighted by molar-refractivity contribution is 0.180. The van der Waals surface area contributed by atoms with Gasteiger partial charge in [-0.2, -0.15) is 0 Å². The summed E-state index contributed by atoms with van der Waals surface area (Å²) in [4.78, 5) is 4.50. The number of aromatic nitrogens is 1. The van der Waals surface area contributed by atoms with Crippen molar-refractivity contribution in [2.45, 2.75) is 24.8 Å². The summed E-state index contributed by atoms with van der Waals surface area (Å²) in [6.07, 6.45) is 1.66. The first-order valence-electron chi connectivity index (χ1n) is 6.31. The van der Waals surface area contributed by atoms with Crippen molar-refractivity contribution >= 4 is 20.9 Å². The van der Waals surface area contributed by atoms with Crippen LogP contribution in [0.1, 0.15) is 12.5 Å². The van der Waals surface area contributed by atoms with E-state index in [0.717, 1.165) is 5.56 Å². The predicted molar refractivity (Wildman–Crippen MR) is 78.1 cm³/mol. The van der Waals surface area contributed by atoms with Gasteiger partial charge in [0, 0.05) is 24.7 Å². The number of nitrogens with one attached hydrogen (secondary N) is 1. The third-order valence-electron chi connectivity index (χ3n) is 2.99. The number of nitrogens with zero attached hydrogens (tertiary/aromatic N) is 1. The van der Waals surface area contributed by atoms with Crippen molar-refractivity contribution in [2.75, 3.05) is 13.7 Å². The van der Waals surface area contributed by atoms with Gasteiger partial charge in [-0.25, -0.2) is 13.1 Å². The van der Waals surface area contributed by atoms with Gasteiger partial charge in [0.25, 0.3) is 0 Å². The zero-order valence-corrected chi connectivity index (χ0v) is 12.6. The van der Waals surface area contributed by atoms with E-state index in [1.54, 1.807) is 37.4 Å². The summed E-state index contributed by atoms with van der Waals surface area (Å²) in [6.45, 7) is 3.99. The topological polar surface area (TPSA) is 68.3 Å². The molecule has 0 aliphatic carbocycles. The molecule has 0 saturated carbocycles. The van der Waals surface area contributed by atoms with Crippen LogP contribution >= 0.6 is 0 Å². The van der Waals surface area contributed by atoms with Crippen LogP contribution in [0, 0.1) is 6.92 Å². The van der Waals surface area contributed by atoms with Gasteiger partial charge in [-0.05, 0) is 37.6 Å². The number of pyridine rings is 1. The van der Waals surface area contributed by atoms with E-state index >= 15 is 0 Å². The van der Waals surface area contributed by atoms with Crippen LogP contribution in [-0.2, 0) is 14.8 Å². The first-order chi connectivity index (χ1) is 9.45. The summed E-state index contributed by atoms with van der Waals surface area (Å²) in [5.41, 5.74) is 1.65. The van der Waals surface area contributed by atoms with E-state index in [-0.39, 0.29) is 10.9 Å². The highest BCUT2D eigenvalue weighted by atomic mass is 32.2. The number of hydrogen-bond donors (Lipinski definition) is 1. The number of fused-ring (bicyclic) bond motifs is 1. The molecule has 2 aromatic rings. The van der Waals surface area contributed by atoms with Crippen LogP contribution < -0.4 is 4.72 Å². The van der Waals surface area contributed by atoms with Gasteiger partial charge < -0.3 is 4.74 Å². The zero-order chi connectivity index (χ0) is 14.8. The molecule has 0 amide bonds. The van der Waals surface area contributed by atoms with Crippen LogP contribution in [0.25, 0.3) is 10.9 Å². The summed E-state index contributed by atoms with van der Waals surface area (Å²) in [6, 6.07) is 6.59. The average molecular weight is 294 g/mol. The second kappa shape index (κ2) is 5.87. The maximum absolute atomic E-state index is 12.4. The molecule has 0 unspecified atom stereocenters. The molecule has 0 bridgehead atoms. The maximum atomic E-state index is 12.4. The minimum Gasteiger partial charge on any atom is -0.383 e. The zero-order valence-electron chi connectivity index (χ0n) is 11.8. The van der Waals surface area contributed by atoms with Crippen molar-refractivity contribution in [3.05, 3.63) is 36.0 Å². The molecule has 0 saturated heterocycles. The monoisotopic (exact) mass is 294 g/mol. The Labute approximate surface area is 119 Å². The standard InChI is InChI=1S/C14H18N2O3S/c1-10-6-7-13(12-5-4-8-15-14(10)12)20(17,18)16-11(2)9-19-3/h4-8,11,16H,9H2,1-3H3/t11-/m1/s1. The molecular formula is C14H18N2O3S. The number of aryl methyl sites for hydroxylation is 1. The number of benzene rings is 1. The molecule has 5 nitrogen and oxygen atoms in total. The lowest BCUT2D eigenvalue weighted by Gasteiger charge is -2.15. The second-order valence-corrected chi connectivity index (χ2v) is 6.44. The van der Waals surface area contributed by atoms with Crippen LogP contribution in [0.5, 0.6) is 0 Å². The van der Waals surface area contributed by atoms with E-state index in [2.05, 4.69) is 9.71 Å². The van der Waals surface area contributed by atoms with Gasteiger partial charge in [0.2, 0.25) is 10.0 Å². The molecule has 1 atom stereocenters. The molecule has 1 aromatic heterocycles. The number of ether oxygens (including phenoxy) is 1. The highest BCUT2D eigenvalue weighted by Gasteiger charge is 2.20. The molecule has 2 rings (SSSR count). The first-order valence-corrected chi connectivity index (χ1v) is 7.79.